The molecule has 0 radical (unpaired) electrons. The molecular weight excluding hydrogens is 438 g/mol. The Morgan fingerprint density at radius 3 is 2.47 bits per heavy atom. The van der Waals surface area contributed by atoms with Crippen molar-refractivity contribution in [3.8, 4) is 0 Å². The average Bonchev–Trinajstić information content (AvgIpc) is 2.92. The molecule has 0 saturated carbocycles. The molecule has 1 heterocycles. The van der Waals surface area contributed by atoms with E-state index in [-0.39, 0.29) is 0 Å². The summed E-state index contributed by atoms with van der Waals surface area (Å²) in [4.78, 5) is 4.79. The monoisotopic (exact) mass is 475 g/mol. The van der Waals surface area contributed by atoms with Gasteiger partial charge in [0.15, 0.2) is 0 Å². The Bertz CT molecular complexity index is 1340. The summed E-state index contributed by atoms with van der Waals surface area (Å²) in [5.74, 6) is 0. The number of allylic oxidation sites excluding steroid dienone is 2. The van der Waals surface area contributed by atoms with Gasteiger partial charge < -0.3 is 4.74 Å². The second-order valence-electron chi connectivity index (χ2n) is 8.57. The maximum Gasteiger partial charge on any atom is 0.0727 e. The van der Waals surface area contributed by atoms with E-state index < -0.39 is 0 Å². The van der Waals surface area contributed by atoms with Gasteiger partial charge >= 0.3 is 0 Å². The fraction of sp³-hybridized carbons (Fsp3) is 0.235. The number of hydrogen-bond donors (Lipinski definition) is 0. The van der Waals surface area contributed by atoms with Crippen LogP contribution >= 0.6 is 0 Å². The van der Waals surface area contributed by atoms with Crippen molar-refractivity contribution < 1.29 is 4.74 Å². The van der Waals surface area contributed by atoms with Crippen molar-refractivity contribution >= 4 is 16.5 Å². The first-order chi connectivity index (χ1) is 17.7. The Balaban J connectivity index is 0.00000176. The maximum atomic E-state index is 6.10. The van der Waals surface area contributed by atoms with E-state index in [4.69, 9.17) is 9.72 Å². The van der Waals surface area contributed by atoms with Gasteiger partial charge in [-0.05, 0) is 66.1 Å². The van der Waals surface area contributed by atoms with Gasteiger partial charge in [-0.15, -0.1) is 5.73 Å². The van der Waals surface area contributed by atoms with E-state index in [1.807, 2.05) is 19.9 Å². The van der Waals surface area contributed by atoms with E-state index in [0.717, 1.165) is 47.2 Å². The highest BCUT2D eigenvalue weighted by Gasteiger charge is 2.09. The van der Waals surface area contributed by atoms with Crippen LogP contribution in [0.3, 0.4) is 0 Å². The molecule has 0 amide bonds. The molecule has 3 aromatic carbocycles. The van der Waals surface area contributed by atoms with Crippen molar-refractivity contribution in [2.75, 3.05) is 0 Å². The van der Waals surface area contributed by atoms with Crippen LogP contribution in [0.5, 0.6) is 0 Å². The number of hydrogen-bond acceptors (Lipinski definition) is 2. The molecule has 0 unspecified atom stereocenters. The van der Waals surface area contributed by atoms with Crippen LogP contribution in [-0.2, 0) is 30.8 Å². The Hall–Kier alpha value is -3.71. The zero-order valence-electron chi connectivity index (χ0n) is 21.9. The van der Waals surface area contributed by atoms with Gasteiger partial charge in [-0.3, -0.25) is 4.98 Å². The Kier molecular flexibility index (Phi) is 10.5. The molecule has 0 aliphatic rings. The normalized spacial score (nSPS) is 10.3. The number of fused-ring (bicyclic) bond motifs is 1. The molecule has 36 heavy (non-hydrogen) atoms. The number of pyridine rings is 1. The highest BCUT2D eigenvalue weighted by atomic mass is 16.5. The predicted molar refractivity (Wildman–Crippen MR) is 154 cm³/mol. The minimum absolute atomic E-state index is 0.536. The number of para-hydroxylation sites is 1. The first-order valence-corrected chi connectivity index (χ1v) is 12.8. The van der Waals surface area contributed by atoms with Crippen LogP contribution in [-0.4, -0.2) is 4.98 Å². The van der Waals surface area contributed by atoms with E-state index >= 15 is 0 Å². The van der Waals surface area contributed by atoms with Crippen molar-refractivity contribution in [2.45, 2.75) is 53.2 Å². The van der Waals surface area contributed by atoms with E-state index in [1.54, 1.807) is 6.08 Å². The van der Waals surface area contributed by atoms with Gasteiger partial charge in [-0.2, -0.15) is 0 Å². The van der Waals surface area contributed by atoms with Gasteiger partial charge in [0, 0.05) is 16.7 Å². The van der Waals surface area contributed by atoms with E-state index in [9.17, 15) is 0 Å². The van der Waals surface area contributed by atoms with Crippen LogP contribution in [0.1, 0.15) is 53.8 Å². The lowest BCUT2D eigenvalue weighted by atomic mass is 9.96. The molecule has 0 fully saturated rings. The second-order valence-corrected chi connectivity index (χ2v) is 8.57. The molecule has 4 aromatic rings. The summed E-state index contributed by atoms with van der Waals surface area (Å²) >= 11 is 0. The fourth-order valence-corrected chi connectivity index (χ4v) is 4.37. The van der Waals surface area contributed by atoms with Crippen LogP contribution in [0.25, 0.3) is 16.5 Å². The van der Waals surface area contributed by atoms with Crippen molar-refractivity contribution in [1.82, 2.24) is 4.98 Å². The summed E-state index contributed by atoms with van der Waals surface area (Å²) in [6.45, 7) is 14.9. The van der Waals surface area contributed by atoms with Gasteiger partial charge in [0.2, 0.25) is 0 Å². The van der Waals surface area contributed by atoms with Crippen molar-refractivity contribution in [1.29, 1.82) is 0 Å². The Morgan fingerprint density at radius 2 is 1.67 bits per heavy atom. The molecule has 0 N–H and O–H groups in total. The van der Waals surface area contributed by atoms with E-state index in [2.05, 4.69) is 98.6 Å². The fourth-order valence-electron chi connectivity index (χ4n) is 4.37. The summed E-state index contributed by atoms with van der Waals surface area (Å²) in [7, 11) is 0. The number of aryl methyl sites for hydroxylation is 3. The molecule has 1 aromatic heterocycles. The van der Waals surface area contributed by atoms with Gasteiger partial charge in [0.1, 0.15) is 0 Å². The lowest BCUT2D eigenvalue weighted by molar-refractivity contribution is 0.107. The lowest BCUT2D eigenvalue weighted by Gasteiger charge is -2.13. The molecule has 0 atom stereocenters. The zero-order chi connectivity index (χ0) is 25.8. The van der Waals surface area contributed by atoms with Gasteiger partial charge in [0.05, 0.1) is 18.7 Å². The highest BCUT2D eigenvalue weighted by molar-refractivity contribution is 5.78. The molecule has 0 spiro atoms. The van der Waals surface area contributed by atoms with Crippen LogP contribution in [0.4, 0.5) is 0 Å². The number of benzene rings is 3. The molecule has 0 saturated heterocycles. The minimum atomic E-state index is 0.536. The molecular formula is C34H37NO. The SMILES string of the molecule is C=C=C(C=C)c1c(C)cccc1COCc1cccc(CCCc2ccc3ccccc3n2)c1.CC. The van der Waals surface area contributed by atoms with Crippen LogP contribution < -0.4 is 0 Å². The minimum Gasteiger partial charge on any atom is -0.372 e. The third-order valence-corrected chi connectivity index (χ3v) is 6.10. The van der Waals surface area contributed by atoms with Crippen molar-refractivity contribution in [3.05, 3.63) is 137 Å². The summed E-state index contributed by atoms with van der Waals surface area (Å²) in [5, 5.41) is 1.19. The molecule has 0 bridgehead atoms. The highest BCUT2D eigenvalue weighted by Crippen LogP contribution is 2.24. The van der Waals surface area contributed by atoms with Gasteiger partial charge in [-0.1, -0.05) is 99.8 Å². The van der Waals surface area contributed by atoms with Crippen molar-refractivity contribution in [3.63, 3.8) is 0 Å². The summed E-state index contributed by atoms with van der Waals surface area (Å²) in [6.07, 6.45) is 4.87. The quantitative estimate of drug-likeness (QED) is 0.169. The lowest BCUT2D eigenvalue weighted by Crippen LogP contribution is -2.00. The summed E-state index contributed by atoms with van der Waals surface area (Å²) in [6, 6.07) is 27.5. The number of rotatable bonds is 10. The molecule has 4 rings (SSSR count). The Labute approximate surface area is 216 Å². The van der Waals surface area contributed by atoms with Crippen LogP contribution in [0, 0.1) is 6.92 Å². The van der Waals surface area contributed by atoms with Gasteiger partial charge in [0.25, 0.3) is 0 Å². The summed E-state index contributed by atoms with van der Waals surface area (Å²) in [5.41, 5.74) is 12.1. The molecule has 0 aliphatic heterocycles. The third kappa shape index (κ3) is 7.15. The first kappa shape index (κ1) is 26.9. The zero-order valence-corrected chi connectivity index (χ0v) is 21.9. The topological polar surface area (TPSA) is 22.1 Å². The summed E-state index contributed by atoms with van der Waals surface area (Å²) < 4.78 is 6.10. The van der Waals surface area contributed by atoms with Crippen LogP contribution in [0.2, 0.25) is 0 Å². The smallest absolute Gasteiger partial charge is 0.0727 e. The van der Waals surface area contributed by atoms with Gasteiger partial charge in [-0.25, -0.2) is 0 Å². The second kappa shape index (κ2) is 14.0. The van der Waals surface area contributed by atoms with Crippen LogP contribution in [0.15, 0.2) is 104 Å². The first-order valence-electron chi connectivity index (χ1n) is 12.8. The number of nitrogens with zero attached hydrogens (tertiary/aromatic N) is 1. The molecule has 2 heteroatoms. The number of aromatic nitrogens is 1. The van der Waals surface area contributed by atoms with E-state index in [1.165, 1.54) is 22.1 Å². The average molecular weight is 476 g/mol. The van der Waals surface area contributed by atoms with E-state index in [0.29, 0.717) is 13.2 Å². The Morgan fingerprint density at radius 1 is 0.889 bits per heavy atom. The van der Waals surface area contributed by atoms with Crippen molar-refractivity contribution in [2.24, 2.45) is 0 Å². The number of ether oxygens (including phenoxy) is 1. The molecule has 2 nitrogen and oxygen atoms in total. The molecule has 184 valence electrons. The standard InChI is InChI=1S/C32H31NO.C2H6/c1-4-27(5-2)32-24(3)11-8-16-29(32)23-34-22-26-14-9-12-25(21-26)13-10-17-30-20-19-28-15-6-7-18-31(28)33-30;1-2/h4,6-9,11-12,14-16,18-21H,1-2,10,13,17,22-23H2,3H3;1-2H3. The third-order valence-electron chi connectivity index (χ3n) is 6.10. The largest absolute Gasteiger partial charge is 0.372 e. The predicted octanol–water partition coefficient (Wildman–Crippen LogP) is 8.82. The molecule has 0 aliphatic carbocycles. The maximum absolute atomic E-state index is 6.10.